The van der Waals surface area contributed by atoms with Crippen molar-refractivity contribution in [1.29, 1.82) is 0 Å². The largest absolute Gasteiger partial charge is 0.772 e. The van der Waals surface area contributed by atoms with Crippen LogP contribution >= 0.6 is 0 Å². The fourth-order valence-corrected chi connectivity index (χ4v) is 1.20. The molecule has 0 saturated carbocycles. The number of carbonyl (C=O) groups excluding carboxylic acids is 1. The Morgan fingerprint density at radius 2 is 1.92 bits per heavy atom. The van der Waals surface area contributed by atoms with Crippen LogP contribution in [0.3, 0.4) is 0 Å². The highest BCUT2D eigenvalue weighted by molar-refractivity contribution is 7.79. The van der Waals surface area contributed by atoms with Crippen LogP contribution in [0.25, 0.3) is 0 Å². The van der Waals surface area contributed by atoms with Crippen molar-refractivity contribution in [3.63, 3.8) is 0 Å². The van der Waals surface area contributed by atoms with Crippen LogP contribution < -0.4 is 0 Å². The van der Waals surface area contributed by atoms with Gasteiger partial charge in [-0.2, -0.15) is 0 Å². The molecular weight excluding hydrogens is 176 g/mol. The fourth-order valence-electron chi connectivity index (χ4n) is 0.814. The van der Waals surface area contributed by atoms with Gasteiger partial charge in [0, 0.05) is 5.56 Å². The van der Waals surface area contributed by atoms with Crippen molar-refractivity contribution in [2.45, 2.75) is 0 Å². The molecule has 0 aliphatic carbocycles. The van der Waals surface area contributed by atoms with Crippen molar-refractivity contribution in [1.82, 2.24) is 0 Å². The van der Waals surface area contributed by atoms with Crippen molar-refractivity contribution in [3.05, 3.63) is 35.9 Å². The van der Waals surface area contributed by atoms with Crippen LogP contribution in [0.4, 0.5) is 0 Å². The zero-order valence-corrected chi connectivity index (χ0v) is 7.04. The molecule has 64 valence electrons. The quantitative estimate of drug-likeness (QED) is 0.513. The molecule has 0 N–H and O–H groups in total. The zero-order valence-electron chi connectivity index (χ0n) is 6.23. The van der Waals surface area contributed by atoms with Crippen molar-refractivity contribution in [3.8, 4) is 0 Å². The molecule has 0 bridgehead atoms. The molecule has 0 aliphatic rings. The monoisotopic (exact) mass is 183 g/mol. The molecule has 3 nitrogen and oxygen atoms in total. The smallest absolute Gasteiger partial charge is 0.174 e. The molecule has 1 rings (SSSR count). The summed E-state index contributed by atoms with van der Waals surface area (Å²) in [4.78, 5) is 11.1. The van der Waals surface area contributed by atoms with E-state index in [0.29, 0.717) is 5.56 Å². The highest BCUT2D eigenvalue weighted by Crippen LogP contribution is 1.99. The molecule has 4 heteroatoms. The SMILES string of the molecule is O=C(CS(=O)[O-])c1ccccc1. The molecule has 1 atom stereocenters. The standard InChI is InChI=1S/C8H8O3S/c9-8(6-12(10)11)7-4-2-1-3-5-7/h1-5H,6H2,(H,10,11)/p-1. The first-order chi connectivity index (χ1) is 5.70. The van der Waals surface area contributed by atoms with Crippen LogP contribution in [0, 0.1) is 0 Å². The first kappa shape index (κ1) is 9.09. The lowest BCUT2D eigenvalue weighted by atomic mass is 10.2. The lowest BCUT2D eigenvalue weighted by Crippen LogP contribution is -2.09. The van der Waals surface area contributed by atoms with Gasteiger partial charge in [0.1, 0.15) is 0 Å². The van der Waals surface area contributed by atoms with E-state index >= 15 is 0 Å². The van der Waals surface area contributed by atoms with E-state index in [4.69, 9.17) is 0 Å². The Kier molecular flexibility index (Phi) is 3.13. The molecule has 0 spiro atoms. The van der Waals surface area contributed by atoms with E-state index in [0.717, 1.165) is 0 Å². The summed E-state index contributed by atoms with van der Waals surface area (Å²) in [5, 5.41) is 0. The molecule has 1 aromatic rings. The van der Waals surface area contributed by atoms with Crippen molar-refractivity contribution in [2.75, 3.05) is 5.75 Å². The third-order valence-corrected chi connectivity index (χ3v) is 1.84. The van der Waals surface area contributed by atoms with Crippen LogP contribution in [0.1, 0.15) is 10.4 Å². The van der Waals surface area contributed by atoms with Crippen LogP contribution in [-0.4, -0.2) is 20.3 Å². The number of hydrogen-bond acceptors (Lipinski definition) is 3. The highest BCUT2D eigenvalue weighted by atomic mass is 32.2. The van der Waals surface area contributed by atoms with Gasteiger partial charge in [-0.1, -0.05) is 30.3 Å². The molecule has 12 heavy (non-hydrogen) atoms. The van der Waals surface area contributed by atoms with Crippen LogP contribution in [0.15, 0.2) is 30.3 Å². The molecule has 1 aromatic carbocycles. The topological polar surface area (TPSA) is 57.2 Å². The Morgan fingerprint density at radius 3 is 2.42 bits per heavy atom. The van der Waals surface area contributed by atoms with Crippen molar-refractivity contribution < 1.29 is 13.6 Å². The second-order valence-corrected chi connectivity index (χ2v) is 3.13. The van der Waals surface area contributed by atoms with Gasteiger partial charge in [0.15, 0.2) is 5.78 Å². The molecule has 0 amide bonds. The summed E-state index contributed by atoms with van der Waals surface area (Å²) in [6.45, 7) is 0. The summed E-state index contributed by atoms with van der Waals surface area (Å²) >= 11 is -2.30. The van der Waals surface area contributed by atoms with E-state index in [-0.39, 0.29) is 5.78 Å². The number of carbonyl (C=O) groups is 1. The van der Waals surface area contributed by atoms with Gasteiger partial charge in [-0.3, -0.25) is 9.00 Å². The molecule has 0 heterocycles. The average Bonchev–Trinajstić information content (AvgIpc) is 2.05. The van der Waals surface area contributed by atoms with Crippen LogP contribution in [0.2, 0.25) is 0 Å². The van der Waals surface area contributed by atoms with Gasteiger partial charge in [0.2, 0.25) is 0 Å². The van der Waals surface area contributed by atoms with Gasteiger partial charge in [0.25, 0.3) is 0 Å². The van der Waals surface area contributed by atoms with Gasteiger partial charge in [-0.05, 0) is 11.1 Å². The molecule has 0 fully saturated rings. The molecule has 0 aliphatic heterocycles. The van der Waals surface area contributed by atoms with Gasteiger partial charge >= 0.3 is 0 Å². The van der Waals surface area contributed by atoms with Gasteiger partial charge in [0.05, 0.1) is 5.75 Å². The second kappa shape index (κ2) is 4.13. The Hall–Kier alpha value is -1.00. The molecule has 1 unspecified atom stereocenters. The average molecular weight is 183 g/mol. The van der Waals surface area contributed by atoms with Crippen LogP contribution in [0.5, 0.6) is 0 Å². The second-order valence-electron chi connectivity index (χ2n) is 2.24. The third-order valence-electron chi connectivity index (χ3n) is 1.34. The van der Waals surface area contributed by atoms with Gasteiger partial charge in [-0.15, -0.1) is 0 Å². The summed E-state index contributed by atoms with van der Waals surface area (Å²) in [6.07, 6.45) is 0. The summed E-state index contributed by atoms with van der Waals surface area (Å²) in [7, 11) is 0. The van der Waals surface area contributed by atoms with Crippen molar-refractivity contribution >= 4 is 16.9 Å². The maximum atomic E-state index is 11.1. The predicted octanol–water partition coefficient (Wildman–Crippen LogP) is 0.748. The number of benzene rings is 1. The number of Topliss-reactive ketones (excluding diaryl/α,β-unsaturated/α-hetero) is 1. The Bertz CT molecular complexity index is 294. The zero-order chi connectivity index (χ0) is 8.97. The fraction of sp³-hybridized carbons (Fsp3) is 0.125. The Balaban J connectivity index is 2.73. The summed E-state index contributed by atoms with van der Waals surface area (Å²) in [5.74, 6) is -0.812. The minimum absolute atomic E-state index is 0.371. The number of hydrogen-bond donors (Lipinski definition) is 0. The van der Waals surface area contributed by atoms with E-state index in [9.17, 15) is 13.6 Å². The van der Waals surface area contributed by atoms with E-state index in [1.54, 1.807) is 30.3 Å². The number of ketones is 1. The summed E-state index contributed by atoms with van der Waals surface area (Å²) in [6, 6.07) is 8.34. The van der Waals surface area contributed by atoms with E-state index in [2.05, 4.69) is 0 Å². The van der Waals surface area contributed by atoms with Crippen LogP contribution in [-0.2, 0) is 11.1 Å². The van der Waals surface area contributed by atoms with E-state index < -0.39 is 16.8 Å². The molecule has 0 saturated heterocycles. The first-order valence-electron chi connectivity index (χ1n) is 3.34. The maximum absolute atomic E-state index is 11.1. The normalized spacial score (nSPS) is 12.4. The highest BCUT2D eigenvalue weighted by Gasteiger charge is 2.03. The predicted molar refractivity (Wildman–Crippen MR) is 44.6 cm³/mol. The lowest BCUT2D eigenvalue weighted by molar-refractivity contribution is 0.102. The summed E-state index contributed by atoms with van der Waals surface area (Å²) in [5.41, 5.74) is 0.432. The molecule has 0 aromatic heterocycles. The molecular formula is C8H7O3S-. The first-order valence-corrected chi connectivity index (χ1v) is 4.58. The number of rotatable bonds is 3. The van der Waals surface area contributed by atoms with E-state index in [1.165, 1.54) is 0 Å². The van der Waals surface area contributed by atoms with Gasteiger partial charge in [-0.25, -0.2) is 0 Å². The minimum atomic E-state index is -2.30. The Morgan fingerprint density at radius 1 is 1.33 bits per heavy atom. The Labute approximate surface area is 72.7 Å². The van der Waals surface area contributed by atoms with Crippen molar-refractivity contribution in [2.24, 2.45) is 0 Å². The molecule has 0 radical (unpaired) electrons. The lowest BCUT2D eigenvalue weighted by Gasteiger charge is -2.02. The minimum Gasteiger partial charge on any atom is -0.772 e. The summed E-state index contributed by atoms with van der Waals surface area (Å²) < 4.78 is 20.3. The van der Waals surface area contributed by atoms with E-state index in [1.807, 2.05) is 0 Å². The third kappa shape index (κ3) is 2.56. The maximum Gasteiger partial charge on any atom is 0.174 e. The van der Waals surface area contributed by atoms with Gasteiger partial charge < -0.3 is 4.55 Å².